The molecule has 7 heteroatoms. The molecular formula is C22H20FN3O3. The van der Waals surface area contributed by atoms with E-state index in [4.69, 9.17) is 20.5 Å². The monoisotopic (exact) mass is 393 g/mol. The molecule has 0 saturated heterocycles. The number of aliphatic hydroxyl groups excluding tert-OH is 1. The third-order valence-electron chi connectivity index (χ3n) is 6.28. The third-order valence-corrected chi connectivity index (χ3v) is 6.28. The van der Waals surface area contributed by atoms with Gasteiger partial charge in [-0.15, -0.1) is 0 Å². The lowest BCUT2D eigenvalue weighted by molar-refractivity contribution is -0.0359. The van der Waals surface area contributed by atoms with E-state index in [1.54, 1.807) is 18.2 Å². The predicted octanol–water partition coefficient (Wildman–Crippen LogP) is 2.83. The van der Waals surface area contributed by atoms with Gasteiger partial charge in [0.1, 0.15) is 35.9 Å². The number of ether oxygens (including phenoxy) is 2. The molecule has 1 fully saturated rings. The summed E-state index contributed by atoms with van der Waals surface area (Å²) in [5.41, 5.74) is 6.84. The van der Waals surface area contributed by atoms with Crippen LogP contribution in [-0.4, -0.2) is 29.9 Å². The van der Waals surface area contributed by atoms with Crippen molar-refractivity contribution in [1.82, 2.24) is 0 Å². The van der Waals surface area contributed by atoms with Crippen LogP contribution in [0.25, 0.3) is 11.1 Å². The molecule has 2 aliphatic heterocycles. The highest BCUT2D eigenvalue weighted by Gasteiger charge is 2.55. The fourth-order valence-electron chi connectivity index (χ4n) is 4.88. The second kappa shape index (κ2) is 6.46. The smallest absolute Gasteiger partial charge is 0.283 e. The zero-order valence-electron chi connectivity index (χ0n) is 15.6. The van der Waals surface area contributed by atoms with E-state index in [9.17, 15) is 9.50 Å². The summed E-state index contributed by atoms with van der Waals surface area (Å²) in [4.78, 5) is 4.67. The van der Waals surface area contributed by atoms with Crippen LogP contribution in [0, 0.1) is 23.1 Å². The van der Waals surface area contributed by atoms with Gasteiger partial charge in [-0.05, 0) is 43.0 Å². The van der Waals surface area contributed by atoms with Crippen molar-refractivity contribution in [2.75, 3.05) is 6.61 Å². The number of nitrogens with two attached hydrogens (primary N) is 1. The number of rotatable bonds is 1. The molecule has 2 aromatic rings. The standard InChI is InChI=1S/C22H20FN3O3/c23-20-13(10-24)2-1-3-15(20)12-4-6-18-16(8-12)22(11-28-21(25)26-22)17-9-14(27)5-7-19(17)29-18/h1-4,6,8,14,17,19,27H,5,7,9,11H2,(H2,25,26)/t14-,17-,19-,22?/m0/s1. The molecule has 1 aliphatic carbocycles. The van der Waals surface area contributed by atoms with E-state index < -0.39 is 17.5 Å². The second-order valence-electron chi connectivity index (χ2n) is 7.88. The predicted molar refractivity (Wildman–Crippen MR) is 104 cm³/mol. The Morgan fingerprint density at radius 1 is 1.28 bits per heavy atom. The van der Waals surface area contributed by atoms with Gasteiger partial charge in [-0.1, -0.05) is 18.2 Å². The normalized spacial score (nSPS) is 29.8. The number of hydrogen-bond donors (Lipinski definition) is 2. The molecule has 0 bridgehead atoms. The van der Waals surface area contributed by atoms with Crippen LogP contribution < -0.4 is 10.5 Å². The van der Waals surface area contributed by atoms with Gasteiger partial charge < -0.3 is 20.3 Å². The maximum Gasteiger partial charge on any atom is 0.283 e. The average Bonchev–Trinajstić information content (AvgIpc) is 3.11. The fraction of sp³-hybridized carbons (Fsp3) is 0.364. The highest BCUT2D eigenvalue weighted by molar-refractivity contribution is 5.76. The highest BCUT2D eigenvalue weighted by atomic mass is 19.1. The Morgan fingerprint density at radius 2 is 2.14 bits per heavy atom. The minimum atomic E-state index is -0.775. The molecule has 0 aromatic heterocycles. The summed E-state index contributed by atoms with van der Waals surface area (Å²) in [5.74, 6) is 0.0213. The van der Waals surface area contributed by atoms with Crippen LogP contribution in [0.4, 0.5) is 4.39 Å². The van der Waals surface area contributed by atoms with Crippen molar-refractivity contribution in [2.24, 2.45) is 16.6 Å². The summed E-state index contributed by atoms with van der Waals surface area (Å²) in [6.45, 7) is 0.257. The van der Waals surface area contributed by atoms with E-state index in [0.29, 0.717) is 29.7 Å². The second-order valence-corrected chi connectivity index (χ2v) is 7.88. The molecule has 29 heavy (non-hydrogen) atoms. The molecule has 148 valence electrons. The van der Waals surface area contributed by atoms with Gasteiger partial charge in [0.05, 0.1) is 11.7 Å². The Labute approximate surface area is 167 Å². The zero-order valence-corrected chi connectivity index (χ0v) is 15.6. The molecule has 4 atom stereocenters. The van der Waals surface area contributed by atoms with Crippen molar-refractivity contribution in [3.8, 4) is 22.9 Å². The van der Waals surface area contributed by atoms with Gasteiger partial charge in [0.25, 0.3) is 6.02 Å². The fourth-order valence-corrected chi connectivity index (χ4v) is 4.88. The molecule has 2 heterocycles. The Hall–Kier alpha value is -3.11. The van der Waals surface area contributed by atoms with E-state index in [2.05, 4.69) is 4.99 Å². The molecule has 0 radical (unpaired) electrons. The average molecular weight is 393 g/mol. The first-order valence-corrected chi connectivity index (χ1v) is 9.68. The van der Waals surface area contributed by atoms with Gasteiger partial charge in [-0.25, -0.2) is 9.38 Å². The first-order chi connectivity index (χ1) is 14.0. The Balaban J connectivity index is 1.68. The number of aliphatic imine (C=N–C) groups is 1. The number of aliphatic hydroxyl groups is 1. The van der Waals surface area contributed by atoms with Crippen molar-refractivity contribution in [3.05, 3.63) is 53.3 Å². The summed E-state index contributed by atoms with van der Waals surface area (Å²) in [7, 11) is 0. The van der Waals surface area contributed by atoms with Crippen molar-refractivity contribution >= 4 is 6.02 Å². The first-order valence-electron chi connectivity index (χ1n) is 9.68. The quantitative estimate of drug-likeness (QED) is 0.776. The van der Waals surface area contributed by atoms with E-state index in [1.165, 1.54) is 6.07 Å². The van der Waals surface area contributed by atoms with E-state index in [0.717, 1.165) is 12.0 Å². The van der Waals surface area contributed by atoms with Crippen LogP contribution >= 0.6 is 0 Å². The Morgan fingerprint density at radius 3 is 2.90 bits per heavy atom. The van der Waals surface area contributed by atoms with E-state index in [1.807, 2.05) is 18.2 Å². The van der Waals surface area contributed by atoms with E-state index in [-0.39, 0.29) is 30.2 Å². The largest absolute Gasteiger partial charge is 0.490 e. The maximum absolute atomic E-state index is 14.8. The molecule has 3 N–H and O–H groups in total. The van der Waals surface area contributed by atoms with Gasteiger partial charge in [-0.2, -0.15) is 5.26 Å². The molecule has 1 saturated carbocycles. The zero-order chi connectivity index (χ0) is 20.2. The molecule has 1 spiro atoms. The number of fused-ring (bicyclic) bond motifs is 4. The molecule has 6 nitrogen and oxygen atoms in total. The lowest BCUT2D eigenvalue weighted by Gasteiger charge is -2.47. The van der Waals surface area contributed by atoms with E-state index >= 15 is 0 Å². The van der Waals surface area contributed by atoms with Crippen molar-refractivity contribution in [2.45, 2.75) is 37.0 Å². The van der Waals surface area contributed by atoms with Crippen LogP contribution in [0.15, 0.2) is 41.4 Å². The molecule has 1 unspecified atom stereocenters. The number of nitriles is 1. The topological polar surface area (TPSA) is 101 Å². The number of nitrogens with zero attached hydrogens (tertiary/aromatic N) is 2. The summed E-state index contributed by atoms with van der Waals surface area (Å²) >= 11 is 0. The molecular weight excluding hydrogens is 373 g/mol. The first kappa shape index (κ1) is 18.0. The van der Waals surface area contributed by atoms with Crippen LogP contribution in [0.5, 0.6) is 5.75 Å². The van der Waals surface area contributed by atoms with Gasteiger partial charge in [0.2, 0.25) is 0 Å². The number of amidine groups is 1. The van der Waals surface area contributed by atoms with Gasteiger partial charge >= 0.3 is 0 Å². The van der Waals surface area contributed by atoms with Crippen molar-refractivity contribution in [1.29, 1.82) is 5.26 Å². The SMILES string of the molecule is N#Cc1cccc(-c2ccc3c(c2)C2(COC(N)=N2)[C@H]2C[C@@H](O)CC[C@@H]2O3)c1F. The Kier molecular flexibility index (Phi) is 4.00. The van der Waals surface area contributed by atoms with Crippen LogP contribution in [0.3, 0.4) is 0 Å². The maximum atomic E-state index is 14.8. The summed E-state index contributed by atoms with van der Waals surface area (Å²) in [6, 6.07) is 12.2. The summed E-state index contributed by atoms with van der Waals surface area (Å²) in [6.07, 6.45) is 1.42. The van der Waals surface area contributed by atoms with Crippen molar-refractivity contribution in [3.63, 3.8) is 0 Å². The van der Waals surface area contributed by atoms with Crippen LogP contribution in [0.2, 0.25) is 0 Å². The van der Waals surface area contributed by atoms with Gasteiger partial charge in [0.15, 0.2) is 0 Å². The minimum Gasteiger partial charge on any atom is -0.490 e. The molecule has 3 aliphatic rings. The summed E-state index contributed by atoms with van der Waals surface area (Å²) in [5, 5.41) is 19.4. The molecule has 0 amide bonds. The highest BCUT2D eigenvalue weighted by Crippen LogP contribution is 2.53. The van der Waals surface area contributed by atoms with Crippen LogP contribution in [0.1, 0.15) is 30.4 Å². The third kappa shape index (κ3) is 2.67. The van der Waals surface area contributed by atoms with Gasteiger partial charge in [0, 0.05) is 17.0 Å². The summed E-state index contributed by atoms with van der Waals surface area (Å²) < 4.78 is 26.6. The van der Waals surface area contributed by atoms with Gasteiger partial charge in [-0.3, -0.25) is 0 Å². The van der Waals surface area contributed by atoms with Crippen LogP contribution in [-0.2, 0) is 10.3 Å². The molecule has 5 rings (SSSR count). The number of hydrogen-bond acceptors (Lipinski definition) is 6. The lowest BCUT2D eigenvalue weighted by Crippen LogP contribution is -2.51. The molecule has 2 aromatic carbocycles. The van der Waals surface area contributed by atoms with Crippen molar-refractivity contribution < 1.29 is 19.0 Å². The Bertz CT molecular complexity index is 1060. The lowest BCUT2D eigenvalue weighted by atomic mass is 9.67. The number of benzene rings is 2. The minimum absolute atomic E-state index is 0.00637. The number of halogens is 1.